The molecular formula is C15H18N2OS. The standard InChI is InChI=1S/C15H18N2OS/c1-4-9-16-14-17-12-10-7-5-6-8-11(10)18-15(2,3)13(12)19-14/h5-8H,4,9H2,1-3H3,(H,16,17). The molecule has 0 aliphatic carbocycles. The lowest BCUT2D eigenvalue weighted by Crippen LogP contribution is -2.27. The highest BCUT2D eigenvalue weighted by molar-refractivity contribution is 7.16. The summed E-state index contributed by atoms with van der Waals surface area (Å²) in [6.07, 6.45) is 1.10. The molecule has 0 radical (unpaired) electrons. The number of nitrogens with one attached hydrogen (secondary N) is 1. The van der Waals surface area contributed by atoms with Gasteiger partial charge in [-0.2, -0.15) is 0 Å². The van der Waals surface area contributed by atoms with E-state index in [-0.39, 0.29) is 5.60 Å². The SMILES string of the molecule is CCCNc1nc2c(s1)C(C)(C)Oc1ccccc1-2. The Hall–Kier alpha value is -1.55. The van der Waals surface area contributed by atoms with Gasteiger partial charge in [0.1, 0.15) is 11.4 Å². The minimum atomic E-state index is -0.312. The summed E-state index contributed by atoms with van der Waals surface area (Å²) in [5.74, 6) is 0.923. The van der Waals surface area contributed by atoms with Gasteiger partial charge >= 0.3 is 0 Å². The van der Waals surface area contributed by atoms with Crippen molar-refractivity contribution < 1.29 is 4.74 Å². The van der Waals surface area contributed by atoms with Gasteiger partial charge in [-0.25, -0.2) is 4.98 Å². The minimum Gasteiger partial charge on any atom is -0.482 e. The van der Waals surface area contributed by atoms with Crippen LogP contribution in [0.3, 0.4) is 0 Å². The molecule has 4 heteroatoms. The number of thiazole rings is 1. The van der Waals surface area contributed by atoms with E-state index in [2.05, 4.69) is 32.2 Å². The van der Waals surface area contributed by atoms with Crippen molar-refractivity contribution >= 4 is 16.5 Å². The molecule has 2 aromatic rings. The third-order valence-corrected chi connectivity index (χ3v) is 4.53. The van der Waals surface area contributed by atoms with Crippen LogP contribution in [0.1, 0.15) is 32.1 Å². The molecule has 1 aliphatic heterocycles. The maximum absolute atomic E-state index is 6.11. The van der Waals surface area contributed by atoms with E-state index in [0.29, 0.717) is 0 Å². The van der Waals surface area contributed by atoms with Crippen molar-refractivity contribution in [1.29, 1.82) is 0 Å². The van der Waals surface area contributed by atoms with Gasteiger partial charge in [-0.05, 0) is 32.4 Å². The molecule has 0 saturated carbocycles. The van der Waals surface area contributed by atoms with Crippen LogP contribution in [0.5, 0.6) is 5.75 Å². The predicted octanol–water partition coefficient (Wildman–Crippen LogP) is 4.26. The first kappa shape index (κ1) is 12.5. The summed E-state index contributed by atoms with van der Waals surface area (Å²) in [7, 11) is 0. The molecule has 0 unspecified atom stereocenters. The molecule has 3 nitrogen and oxygen atoms in total. The van der Waals surface area contributed by atoms with Crippen molar-refractivity contribution in [2.75, 3.05) is 11.9 Å². The maximum atomic E-state index is 6.11. The molecule has 0 fully saturated rings. The number of hydrogen-bond donors (Lipinski definition) is 1. The fourth-order valence-electron chi connectivity index (χ4n) is 2.29. The molecule has 19 heavy (non-hydrogen) atoms. The lowest BCUT2D eigenvalue weighted by atomic mass is 9.97. The van der Waals surface area contributed by atoms with E-state index in [0.717, 1.165) is 35.1 Å². The molecule has 2 heterocycles. The Kier molecular flexibility index (Phi) is 2.97. The first-order chi connectivity index (χ1) is 9.12. The van der Waals surface area contributed by atoms with Gasteiger partial charge in [0.2, 0.25) is 0 Å². The van der Waals surface area contributed by atoms with Gasteiger partial charge in [-0.3, -0.25) is 0 Å². The molecule has 0 spiro atoms. The van der Waals surface area contributed by atoms with Crippen molar-refractivity contribution in [3.63, 3.8) is 0 Å². The number of ether oxygens (including phenoxy) is 1. The third-order valence-electron chi connectivity index (χ3n) is 3.21. The van der Waals surface area contributed by atoms with E-state index < -0.39 is 0 Å². The minimum absolute atomic E-state index is 0.312. The fourth-order valence-corrected chi connectivity index (χ4v) is 3.34. The van der Waals surface area contributed by atoms with Gasteiger partial charge < -0.3 is 10.1 Å². The lowest BCUT2D eigenvalue weighted by molar-refractivity contribution is 0.109. The highest BCUT2D eigenvalue weighted by Gasteiger charge is 2.35. The van der Waals surface area contributed by atoms with Crippen molar-refractivity contribution in [3.05, 3.63) is 29.1 Å². The second kappa shape index (κ2) is 4.53. The summed E-state index contributed by atoms with van der Waals surface area (Å²) in [5, 5.41) is 4.36. The largest absolute Gasteiger partial charge is 0.482 e. The molecule has 1 aromatic heterocycles. The number of anilines is 1. The smallest absolute Gasteiger partial charge is 0.183 e. The number of rotatable bonds is 3. The maximum Gasteiger partial charge on any atom is 0.183 e. The molecule has 0 saturated heterocycles. The number of aromatic nitrogens is 1. The van der Waals surface area contributed by atoms with Gasteiger partial charge in [0.25, 0.3) is 0 Å². The predicted molar refractivity (Wildman–Crippen MR) is 80.0 cm³/mol. The zero-order valence-electron chi connectivity index (χ0n) is 11.5. The zero-order chi connectivity index (χ0) is 13.5. The summed E-state index contributed by atoms with van der Waals surface area (Å²) >= 11 is 1.70. The number of benzene rings is 1. The van der Waals surface area contributed by atoms with Crippen molar-refractivity contribution in [2.45, 2.75) is 32.8 Å². The van der Waals surface area contributed by atoms with E-state index in [9.17, 15) is 0 Å². The van der Waals surface area contributed by atoms with Crippen LogP contribution >= 0.6 is 11.3 Å². The highest BCUT2D eigenvalue weighted by atomic mass is 32.1. The van der Waals surface area contributed by atoms with Crippen molar-refractivity contribution in [2.24, 2.45) is 0 Å². The Labute approximate surface area is 117 Å². The first-order valence-corrected chi connectivity index (χ1v) is 7.47. The molecular weight excluding hydrogens is 256 g/mol. The Bertz CT molecular complexity index is 604. The van der Waals surface area contributed by atoms with Crippen LogP contribution < -0.4 is 10.1 Å². The Balaban J connectivity index is 2.09. The fraction of sp³-hybridized carbons (Fsp3) is 0.400. The topological polar surface area (TPSA) is 34.2 Å². The molecule has 3 rings (SSSR count). The summed E-state index contributed by atoms with van der Waals surface area (Å²) in [6.45, 7) is 7.31. The average molecular weight is 274 g/mol. The van der Waals surface area contributed by atoms with Crippen molar-refractivity contribution in [1.82, 2.24) is 4.98 Å². The van der Waals surface area contributed by atoms with Crippen LogP contribution in [0, 0.1) is 0 Å². The molecule has 1 aliphatic rings. The third kappa shape index (κ3) is 2.10. The van der Waals surface area contributed by atoms with E-state index >= 15 is 0 Å². The lowest BCUT2D eigenvalue weighted by Gasteiger charge is -2.31. The van der Waals surface area contributed by atoms with Crippen molar-refractivity contribution in [3.8, 4) is 17.0 Å². The van der Waals surface area contributed by atoms with E-state index in [1.807, 2.05) is 18.2 Å². The number of para-hydroxylation sites is 1. The van der Waals surface area contributed by atoms with Crippen LogP contribution in [0.25, 0.3) is 11.3 Å². The Morgan fingerprint density at radius 2 is 2.11 bits per heavy atom. The molecule has 1 aromatic carbocycles. The van der Waals surface area contributed by atoms with E-state index in [1.54, 1.807) is 11.3 Å². The normalized spacial score (nSPS) is 15.3. The van der Waals surface area contributed by atoms with Crippen LogP contribution in [-0.2, 0) is 5.60 Å². The summed E-state index contributed by atoms with van der Waals surface area (Å²) in [6, 6.07) is 8.12. The quantitative estimate of drug-likeness (QED) is 0.908. The molecule has 0 atom stereocenters. The average Bonchev–Trinajstić information content (AvgIpc) is 2.81. The Morgan fingerprint density at radius 1 is 1.32 bits per heavy atom. The number of fused-ring (bicyclic) bond motifs is 3. The summed E-state index contributed by atoms with van der Waals surface area (Å²) in [5.41, 5.74) is 1.85. The molecule has 0 amide bonds. The second-order valence-corrected chi connectivity index (χ2v) is 6.23. The first-order valence-electron chi connectivity index (χ1n) is 6.65. The van der Waals surface area contributed by atoms with Crippen LogP contribution in [0.2, 0.25) is 0 Å². The monoisotopic (exact) mass is 274 g/mol. The van der Waals surface area contributed by atoms with E-state index in [1.165, 1.54) is 4.88 Å². The van der Waals surface area contributed by atoms with Crippen LogP contribution in [0.4, 0.5) is 5.13 Å². The van der Waals surface area contributed by atoms with E-state index in [4.69, 9.17) is 9.72 Å². The van der Waals surface area contributed by atoms with Crippen LogP contribution in [0.15, 0.2) is 24.3 Å². The van der Waals surface area contributed by atoms with Gasteiger partial charge in [0, 0.05) is 12.1 Å². The Morgan fingerprint density at radius 3 is 2.89 bits per heavy atom. The zero-order valence-corrected chi connectivity index (χ0v) is 12.3. The molecule has 100 valence electrons. The highest BCUT2D eigenvalue weighted by Crippen LogP contribution is 2.48. The number of nitrogens with zero attached hydrogens (tertiary/aromatic N) is 1. The summed E-state index contributed by atoms with van der Waals surface area (Å²) in [4.78, 5) is 5.95. The van der Waals surface area contributed by atoms with Gasteiger partial charge in [-0.1, -0.05) is 30.4 Å². The van der Waals surface area contributed by atoms with Gasteiger partial charge in [0.15, 0.2) is 5.13 Å². The van der Waals surface area contributed by atoms with Crippen LogP contribution in [-0.4, -0.2) is 11.5 Å². The van der Waals surface area contributed by atoms with Gasteiger partial charge in [0.05, 0.1) is 10.6 Å². The second-order valence-electron chi connectivity index (χ2n) is 5.23. The number of hydrogen-bond acceptors (Lipinski definition) is 4. The molecule has 0 bridgehead atoms. The summed E-state index contributed by atoms with van der Waals surface area (Å²) < 4.78 is 6.11. The van der Waals surface area contributed by atoms with Gasteiger partial charge in [-0.15, -0.1) is 0 Å². The molecule has 1 N–H and O–H groups in total.